The minimum Gasteiger partial charge on any atom is -0.389 e. The number of carbonyl (C=O) groups excluding carboxylic acids is 1. The van der Waals surface area contributed by atoms with Crippen molar-refractivity contribution in [2.24, 2.45) is 11.3 Å². The molecule has 0 saturated heterocycles. The molecule has 2 nitrogen and oxygen atoms in total. The first-order valence-electron chi connectivity index (χ1n) is 4.68. The topological polar surface area (TPSA) is 37.3 Å². The van der Waals surface area contributed by atoms with Crippen molar-refractivity contribution in [1.82, 2.24) is 0 Å². The minimum atomic E-state index is -0.657. The molecule has 0 aromatic carbocycles. The van der Waals surface area contributed by atoms with Gasteiger partial charge in [0.15, 0.2) is 0 Å². The first-order valence-corrected chi connectivity index (χ1v) is 4.68. The Labute approximate surface area is 73.0 Å². The van der Waals surface area contributed by atoms with Crippen LogP contribution in [-0.4, -0.2) is 16.5 Å². The van der Waals surface area contributed by atoms with Gasteiger partial charge >= 0.3 is 0 Å². The van der Waals surface area contributed by atoms with Crippen LogP contribution in [0.25, 0.3) is 0 Å². The standard InChI is InChI=1S/C10H16O2/c1-9(2)6-10(12)4-3-7(9)8(11)5-10/h7,12H,3-6H2,1-2H3. The maximum absolute atomic E-state index is 11.5. The fourth-order valence-electron chi connectivity index (χ4n) is 3.06. The second-order valence-corrected chi connectivity index (χ2v) is 5.12. The van der Waals surface area contributed by atoms with Gasteiger partial charge in [0.1, 0.15) is 5.78 Å². The lowest BCUT2D eigenvalue weighted by molar-refractivity contribution is -0.157. The molecular formula is C10H16O2. The number of ketones is 1. The summed E-state index contributed by atoms with van der Waals surface area (Å²) in [6.45, 7) is 4.19. The second kappa shape index (κ2) is 2.11. The summed E-state index contributed by atoms with van der Waals surface area (Å²) < 4.78 is 0. The van der Waals surface area contributed by atoms with E-state index in [4.69, 9.17) is 0 Å². The fraction of sp³-hybridized carbons (Fsp3) is 0.900. The van der Waals surface area contributed by atoms with E-state index in [0.29, 0.717) is 6.42 Å². The van der Waals surface area contributed by atoms with Gasteiger partial charge in [-0.25, -0.2) is 0 Å². The van der Waals surface area contributed by atoms with E-state index < -0.39 is 5.60 Å². The molecular weight excluding hydrogens is 152 g/mol. The highest BCUT2D eigenvalue weighted by Gasteiger charge is 2.53. The van der Waals surface area contributed by atoms with E-state index in [2.05, 4.69) is 13.8 Å². The Morgan fingerprint density at radius 3 is 2.58 bits per heavy atom. The lowest BCUT2D eigenvalue weighted by Gasteiger charge is -2.51. The number of fused-ring (bicyclic) bond motifs is 3. The monoisotopic (exact) mass is 168 g/mol. The normalized spacial score (nSPS) is 44.9. The molecule has 0 aliphatic heterocycles. The van der Waals surface area contributed by atoms with Gasteiger partial charge in [-0.1, -0.05) is 13.8 Å². The Kier molecular flexibility index (Phi) is 1.45. The minimum absolute atomic E-state index is 0.0301. The molecule has 0 heterocycles. The molecule has 3 saturated carbocycles. The molecule has 0 aromatic rings. The van der Waals surface area contributed by atoms with Gasteiger partial charge in [-0.3, -0.25) is 4.79 Å². The summed E-state index contributed by atoms with van der Waals surface area (Å²) in [6.07, 6.45) is 2.92. The Bertz CT molecular complexity index is 229. The first-order chi connectivity index (χ1) is 5.43. The van der Waals surface area contributed by atoms with Crippen LogP contribution in [0, 0.1) is 11.3 Å². The lowest BCUT2D eigenvalue weighted by atomic mass is 9.55. The zero-order valence-electron chi connectivity index (χ0n) is 7.76. The summed E-state index contributed by atoms with van der Waals surface area (Å²) in [5.41, 5.74) is -0.627. The molecule has 3 rings (SSSR count). The zero-order chi connectivity index (χ0) is 8.98. The largest absolute Gasteiger partial charge is 0.389 e. The van der Waals surface area contributed by atoms with Crippen molar-refractivity contribution in [2.45, 2.75) is 45.1 Å². The third-order valence-corrected chi connectivity index (χ3v) is 3.52. The van der Waals surface area contributed by atoms with Gasteiger partial charge < -0.3 is 5.11 Å². The van der Waals surface area contributed by atoms with E-state index in [1.54, 1.807) is 0 Å². The van der Waals surface area contributed by atoms with Gasteiger partial charge in [-0.15, -0.1) is 0 Å². The van der Waals surface area contributed by atoms with E-state index in [0.717, 1.165) is 19.3 Å². The van der Waals surface area contributed by atoms with E-state index >= 15 is 0 Å². The van der Waals surface area contributed by atoms with Crippen molar-refractivity contribution < 1.29 is 9.90 Å². The van der Waals surface area contributed by atoms with Gasteiger partial charge in [0.2, 0.25) is 0 Å². The molecule has 1 N–H and O–H groups in total. The maximum atomic E-state index is 11.5. The zero-order valence-corrected chi connectivity index (χ0v) is 7.76. The summed E-state index contributed by atoms with van der Waals surface area (Å²) in [4.78, 5) is 11.5. The number of Topliss-reactive ketones (excluding diaryl/α,β-unsaturated/α-hetero) is 1. The summed E-state index contributed by atoms with van der Waals surface area (Å²) in [5.74, 6) is 0.492. The second-order valence-electron chi connectivity index (χ2n) is 5.12. The van der Waals surface area contributed by atoms with Crippen molar-refractivity contribution in [3.63, 3.8) is 0 Å². The molecule has 2 bridgehead atoms. The van der Waals surface area contributed by atoms with Crippen molar-refractivity contribution in [3.8, 4) is 0 Å². The van der Waals surface area contributed by atoms with Gasteiger partial charge in [0.25, 0.3) is 0 Å². The van der Waals surface area contributed by atoms with Crippen molar-refractivity contribution in [1.29, 1.82) is 0 Å². The van der Waals surface area contributed by atoms with Crippen LogP contribution in [0.2, 0.25) is 0 Å². The van der Waals surface area contributed by atoms with Crippen molar-refractivity contribution in [3.05, 3.63) is 0 Å². The van der Waals surface area contributed by atoms with Crippen LogP contribution in [0.1, 0.15) is 39.5 Å². The van der Waals surface area contributed by atoms with E-state index in [-0.39, 0.29) is 17.1 Å². The fourth-order valence-corrected chi connectivity index (χ4v) is 3.06. The Balaban J connectivity index is 2.34. The van der Waals surface area contributed by atoms with Gasteiger partial charge in [-0.2, -0.15) is 0 Å². The number of carbonyl (C=O) groups is 1. The molecule has 0 radical (unpaired) electrons. The Morgan fingerprint density at radius 2 is 2.17 bits per heavy atom. The molecule has 2 heteroatoms. The van der Waals surface area contributed by atoms with Crippen LogP contribution in [0.5, 0.6) is 0 Å². The number of rotatable bonds is 0. The highest BCUT2D eigenvalue weighted by molar-refractivity contribution is 5.84. The average Bonchev–Trinajstić information content (AvgIpc) is 1.80. The first kappa shape index (κ1) is 8.24. The molecule has 3 aliphatic carbocycles. The van der Waals surface area contributed by atoms with Crippen molar-refractivity contribution in [2.75, 3.05) is 0 Å². The molecule has 0 aromatic heterocycles. The SMILES string of the molecule is CC1(C)CC2(O)CCC1C(=O)C2. The van der Waals surface area contributed by atoms with Crippen LogP contribution >= 0.6 is 0 Å². The molecule has 2 atom stereocenters. The number of hydrogen-bond donors (Lipinski definition) is 1. The number of aliphatic hydroxyl groups is 1. The predicted octanol–water partition coefficient (Wildman–Crippen LogP) is 1.52. The summed E-state index contributed by atoms with van der Waals surface area (Å²) in [7, 11) is 0. The van der Waals surface area contributed by atoms with E-state index in [1.807, 2.05) is 0 Å². The van der Waals surface area contributed by atoms with Crippen LogP contribution in [-0.2, 0) is 4.79 Å². The molecule has 0 amide bonds. The van der Waals surface area contributed by atoms with Gasteiger partial charge in [0, 0.05) is 12.3 Å². The molecule has 68 valence electrons. The maximum Gasteiger partial charge on any atom is 0.139 e. The summed E-state index contributed by atoms with van der Waals surface area (Å²) in [5, 5.41) is 10.0. The molecule has 0 spiro atoms. The van der Waals surface area contributed by atoms with Gasteiger partial charge in [0.05, 0.1) is 5.60 Å². The Morgan fingerprint density at radius 1 is 1.50 bits per heavy atom. The summed E-state index contributed by atoms with van der Waals surface area (Å²) >= 11 is 0. The highest BCUT2D eigenvalue weighted by Crippen LogP contribution is 2.52. The van der Waals surface area contributed by atoms with Gasteiger partial charge in [-0.05, 0) is 24.7 Å². The quantitative estimate of drug-likeness (QED) is 0.595. The smallest absolute Gasteiger partial charge is 0.139 e. The van der Waals surface area contributed by atoms with Crippen LogP contribution in [0.4, 0.5) is 0 Å². The molecule has 3 fully saturated rings. The molecule has 12 heavy (non-hydrogen) atoms. The molecule has 2 unspecified atom stereocenters. The van der Waals surface area contributed by atoms with E-state index in [9.17, 15) is 9.90 Å². The van der Waals surface area contributed by atoms with Crippen LogP contribution < -0.4 is 0 Å². The summed E-state index contributed by atoms with van der Waals surface area (Å²) in [6, 6.07) is 0. The molecule has 3 aliphatic rings. The van der Waals surface area contributed by atoms with Crippen LogP contribution in [0.3, 0.4) is 0 Å². The highest BCUT2D eigenvalue weighted by atomic mass is 16.3. The van der Waals surface area contributed by atoms with E-state index in [1.165, 1.54) is 0 Å². The predicted molar refractivity (Wildman–Crippen MR) is 45.7 cm³/mol. The third-order valence-electron chi connectivity index (χ3n) is 3.52. The Hall–Kier alpha value is -0.370. The average molecular weight is 168 g/mol. The third kappa shape index (κ3) is 1.01. The number of hydrogen-bond acceptors (Lipinski definition) is 2. The lowest BCUT2D eigenvalue weighted by Crippen LogP contribution is -2.53. The van der Waals surface area contributed by atoms with Crippen molar-refractivity contribution >= 4 is 5.78 Å². The van der Waals surface area contributed by atoms with Crippen LogP contribution in [0.15, 0.2) is 0 Å².